The number of hydrogen-bond acceptors (Lipinski definition) is 3. The van der Waals surface area contributed by atoms with E-state index in [1.807, 2.05) is 23.1 Å². The number of rotatable bonds is 5. The van der Waals surface area contributed by atoms with Crippen LogP contribution in [-0.2, 0) is 4.79 Å². The molecule has 1 atom stereocenters. The summed E-state index contributed by atoms with van der Waals surface area (Å²) in [4.78, 5) is 15.3. The van der Waals surface area contributed by atoms with Crippen molar-refractivity contribution in [3.63, 3.8) is 0 Å². The smallest absolute Gasteiger partial charge is 0.317 e. The molecule has 2 aromatic carbocycles. The summed E-state index contributed by atoms with van der Waals surface area (Å²) in [5.41, 5.74) is 2.45. The van der Waals surface area contributed by atoms with E-state index in [0.717, 1.165) is 31.2 Å². The third kappa shape index (κ3) is 5.19. The highest BCUT2D eigenvalue weighted by atomic mass is 35.5. The van der Waals surface area contributed by atoms with Crippen molar-refractivity contribution in [3.8, 4) is 0 Å². The SMILES string of the molecule is Cl.O=C(O)CN1CCN([C@H](c2ccccc2)c2ccc(Cl)cc2)CC1. The fourth-order valence-corrected chi connectivity index (χ4v) is 3.39. The minimum Gasteiger partial charge on any atom is -0.480 e. The number of carboxylic acid groups (broad SMARTS) is 1. The van der Waals surface area contributed by atoms with Gasteiger partial charge in [-0.05, 0) is 23.3 Å². The largest absolute Gasteiger partial charge is 0.480 e. The quantitative estimate of drug-likeness (QED) is 0.860. The van der Waals surface area contributed by atoms with Crippen molar-refractivity contribution in [2.24, 2.45) is 0 Å². The Balaban J connectivity index is 0.00000225. The molecule has 1 heterocycles. The molecule has 0 saturated carbocycles. The molecule has 3 rings (SSSR count). The summed E-state index contributed by atoms with van der Waals surface area (Å²) in [6.45, 7) is 3.34. The van der Waals surface area contributed by atoms with Crippen molar-refractivity contribution in [1.29, 1.82) is 0 Å². The summed E-state index contributed by atoms with van der Waals surface area (Å²) >= 11 is 6.04. The van der Waals surface area contributed by atoms with Crippen molar-refractivity contribution in [1.82, 2.24) is 9.80 Å². The van der Waals surface area contributed by atoms with Gasteiger partial charge in [0.05, 0.1) is 12.6 Å². The van der Waals surface area contributed by atoms with Crippen molar-refractivity contribution >= 4 is 30.0 Å². The fraction of sp³-hybridized carbons (Fsp3) is 0.316. The second-order valence-electron chi connectivity index (χ2n) is 6.07. The summed E-state index contributed by atoms with van der Waals surface area (Å²) in [6, 6.07) is 18.6. The van der Waals surface area contributed by atoms with E-state index in [0.29, 0.717) is 0 Å². The molecular weight excluding hydrogens is 359 g/mol. The molecule has 4 nitrogen and oxygen atoms in total. The van der Waals surface area contributed by atoms with Gasteiger partial charge >= 0.3 is 5.97 Å². The maximum absolute atomic E-state index is 10.9. The highest BCUT2D eigenvalue weighted by Gasteiger charge is 2.26. The van der Waals surface area contributed by atoms with Crippen LogP contribution in [0.25, 0.3) is 0 Å². The Bertz CT molecular complexity index is 672. The van der Waals surface area contributed by atoms with E-state index in [2.05, 4.69) is 41.3 Å². The standard InChI is InChI=1S/C19H21ClN2O2.ClH/c20-17-8-6-16(7-9-17)19(15-4-2-1-3-5-15)22-12-10-21(11-13-22)14-18(23)24;/h1-9,19H,10-14H2,(H,23,24);1H/t19-;/m1./s1. The maximum Gasteiger partial charge on any atom is 0.317 e. The number of nitrogens with zero attached hydrogens (tertiary/aromatic N) is 2. The predicted molar refractivity (Wildman–Crippen MR) is 103 cm³/mol. The molecule has 0 unspecified atom stereocenters. The minimum atomic E-state index is -0.763. The highest BCUT2D eigenvalue weighted by molar-refractivity contribution is 6.30. The molecule has 1 aliphatic heterocycles. The molecule has 0 aromatic heterocycles. The molecule has 134 valence electrons. The molecule has 1 saturated heterocycles. The predicted octanol–water partition coefficient (Wildman–Crippen LogP) is 3.55. The molecule has 0 aliphatic carbocycles. The molecule has 25 heavy (non-hydrogen) atoms. The van der Waals surface area contributed by atoms with Crippen LogP contribution in [0.3, 0.4) is 0 Å². The van der Waals surface area contributed by atoms with Crippen molar-refractivity contribution < 1.29 is 9.90 Å². The van der Waals surface area contributed by atoms with Gasteiger partial charge < -0.3 is 5.11 Å². The zero-order chi connectivity index (χ0) is 16.9. The average Bonchev–Trinajstić information content (AvgIpc) is 2.59. The van der Waals surface area contributed by atoms with Gasteiger partial charge in [-0.3, -0.25) is 14.6 Å². The Morgan fingerprint density at radius 2 is 1.52 bits per heavy atom. The lowest BCUT2D eigenvalue weighted by molar-refractivity contribution is -0.138. The van der Waals surface area contributed by atoms with Gasteiger partial charge in [-0.15, -0.1) is 12.4 Å². The Hall–Kier alpha value is -1.59. The number of piperazine rings is 1. The first-order valence-electron chi connectivity index (χ1n) is 8.12. The van der Waals surface area contributed by atoms with Gasteiger partial charge in [0.2, 0.25) is 0 Å². The summed E-state index contributed by atoms with van der Waals surface area (Å²) in [7, 11) is 0. The Kier molecular flexibility index (Phi) is 7.26. The molecule has 1 aliphatic rings. The lowest BCUT2D eigenvalue weighted by atomic mass is 9.96. The topological polar surface area (TPSA) is 43.8 Å². The maximum atomic E-state index is 10.9. The zero-order valence-electron chi connectivity index (χ0n) is 13.8. The second kappa shape index (κ2) is 9.20. The number of benzene rings is 2. The first kappa shape index (κ1) is 19.7. The van der Waals surface area contributed by atoms with E-state index in [1.54, 1.807) is 0 Å². The van der Waals surface area contributed by atoms with Crippen LogP contribution in [0.5, 0.6) is 0 Å². The normalized spacial score (nSPS) is 16.8. The second-order valence-corrected chi connectivity index (χ2v) is 6.51. The van der Waals surface area contributed by atoms with Gasteiger partial charge in [-0.1, -0.05) is 54.1 Å². The van der Waals surface area contributed by atoms with E-state index >= 15 is 0 Å². The number of carbonyl (C=O) groups is 1. The molecule has 1 fully saturated rings. The van der Waals surface area contributed by atoms with Gasteiger partial charge in [0.25, 0.3) is 0 Å². The summed E-state index contributed by atoms with van der Waals surface area (Å²) in [5.74, 6) is -0.763. The van der Waals surface area contributed by atoms with Gasteiger partial charge in [0.15, 0.2) is 0 Å². The van der Waals surface area contributed by atoms with E-state index in [-0.39, 0.29) is 25.0 Å². The molecule has 0 bridgehead atoms. The van der Waals surface area contributed by atoms with Crippen LogP contribution in [0.2, 0.25) is 5.02 Å². The van der Waals surface area contributed by atoms with Crippen LogP contribution in [0.4, 0.5) is 0 Å². The first-order chi connectivity index (χ1) is 11.6. The Morgan fingerprint density at radius 1 is 0.960 bits per heavy atom. The van der Waals surface area contributed by atoms with Gasteiger partial charge in [0.1, 0.15) is 0 Å². The van der Waals surface area contributed by atoms with Crippen molar-refractivity contribution in [2.75, 3.05) is 32.7 Å². The molecule has 0 amide bonds. The van der Waals surface area contributed by atoms with Crippen LogP contribution in [-0.4, -0.2) is 53.6 Å². The molecule has 1 N–H and O–H groups in total. The monoisotopic (exact) mass is 380 g/mol. The Labute approximate surface area is 159 Å². The molecular formula is C19H22Cl2N2O2. The molecule has 0 radical (unpaired) electrons. The lowest BCUT2D eigenvalue weighted by Gasteiger charge is -2.39. The number of carboxylic acids is 1. The third-order valence-electron chi connectivity index (χ3n) is 4.43. The molecule has 6 heteroatoms. The minimum absolute atomic E-state index is 0. The Morgan fingerprint density at radius 3 is 2.08 bits per heavy atom. The summed E-state index contributed by atoms with van der Waals surface area (Å²) in [6.07, 6.45) is 0. The van der Waals surface area contributed by atoms with E-state index in [9.17, 15) is 4.79 Å². The molecule has 0 spiro atoms. The fourth-order valence-electron chi connectivity index (χ4n) is 3.27. The van der Waals surface area contributed by atoms with Crippen LogP contribution < -0.4 is 0 Å². The number of hydrogen-bond donors (Lipinski definition) is 1. The highest BCUT2D eigenvalue weighted by Crippen LogP contribution is 2.30. The lowest BCUT2D eigenvalue weighted by Crippen LogP contribution is -2.49. The van der Waals surface area contributed by atoms with E-state index in [4.69, 9.17) is 16.7 Å². The third-order valence-corrected chi connectivity index (χ3v) is 4.68. The van der Waals surface area contributed by atoms with Crippen molar-refractivity contribution in [2.45, 2.75) is 6.04 Å². The zero-order valence-corrected chi connectivity index (χ0v) is 15.4. The van der Waals surface area contributed by atoms with E-state index in [1.165, 1.54) is 11.1 Å². The van der Waals surface area contributed by atoms with Crippen LogP contribution in [0.15, 0.2) is 54.6 Å². The van der Waals surface area contributed by atoms with Crippen molar-refractivity contribution in [3.05, 3.63) is 70.7 Å². The summed E-state index contributed by atoms with van der Waals surface area (Å²) in [5, 5.41) is 9.69. The molecule has 2 aromatic rings. The number of aliphatic carboxylic acids is 1. The number of halogens is 2. The van der Waals surface area contributed by atoms with E-state index < -0.39 is 5.97 Å². The van der Waals surface area contributed by atoms with Crippen LogP contribution in [0.1, 0.15) is 17.2 Å². The first-order valence-corrected chi connectivity index (χ1v) is 8.50. The average molecular weight is 381 g/mol. The van der Waals surface area contributed by atoms with Gasteiger partial charge in [0, 0.05) is 31.2 Å². The van der Waals surface area contributed by atoms with Gasteiger partial charge in [-0.25, -0.2) is 0 Å². The van der Waals surface area contributed by atoms with Crippen LogP contribution in [0, 0.1) is 0 Å². The van der Waals surface area contributed by atoms with Gasteiger partial charge in [-0.2, -0.15) is 0 Å². The van der Waals surface area contributed by atoms with Crippen LogP contribution >= 0.6 is 24.0 Å². The summed E-state index contributed by atoms with van der Waals surface area (Å²) < 4.78 is 0.